The molecule has 0 saturated carbocycles. The molecule has 0 saturated heterocycles. The molecule has 0 aliphatic heterocycles. The van der Waals surface area contributed by atoms with Gasteiger partial charge in [-0.1, -0.05) is 0 Å². The number of benzene rings is 1. The van der Waals surface area contributed by atoms with Crippen LogP contribution < -0.4 is 9.47 Å². The first kappa shape index (κ1) is 13.3. The number of esters is 1. The van der Waals surface area contributed by atoms with Gasteiger partial charge in [-0.2, -0.15) is 0 Å². The number of ketones is 1. The fourth-order valence-electron chi connectivity index (χ4n) is 2.16. The molecule has 0 fully saturated rings. The van der Waals surface area contributed by atoms with Gasteiger partial charge in [0.2, 0.25) is 5.78 Å². The summed E-state index contributed by atoms with van der Waals surface area (Å²) in [5, 5.41) is 0. The predicted octanol–water partition coefficient (Wildman–Crippen LogP) is 1.32. The third kappa shape index (κ3) is 1.83. The molecule has 1 aromatic rings. The number of halogens is 1. The van der Waals surface area contributed by atoms with Crippen molar-refractivity contribution in [3.63, 3.8) is 0 Å². The molecule has 0 N–H and O–H groups in total. The van der Waals surface area contributed by atoms with Crippen LogP contribution in [0.4, 0.5) is 4.39 Å². The second-order valence-electron chi connectivity index (χ2n) is 4.16. The third-order valence-corrected chi connectivity index (χ3v) is 3.16. The molecule has 1 aliphatic carbocycles. The number of fused-ring (bicyclic) bond motifs is 1. The number of hydrogen-bond donors (Lipinski definition) is 0. The number of alkyl halides is 1. The maximum absolute atomic E-state index is 14.5. The molecule has 0 aromatic heterocycles. The standard InChI is InChI=1S/C13H13FO5/c1-17-9-4-7-6-13(14,12(16)19-3)11(15)8(7)5-10(9)18-2/h4-5H,6H2,1-3H3/t13-/m1/s1. The minimum atomic E-state index is -2.66. The Hall–Kier alpha value is -2.11. The molecule has 1 atom stereocenters. The molecule has 6 heteroatoms. The molecule has 1 aliphatic rings. The Morgan fingerprint density at radius 3 is 2.32 bits per heavy atom. The molecule has 0 amide bonds. The van der Waals surface area contributed by atoms with Crippen LogP contribution in [0.5, 0.6) is 11.5 Å². The maximum atomic E-state index is 14.5. The molecule has 5 nitrogen and oxygen atoms in total. The number of ether oxygens (including phenoxy) is 3. The summed E-state index contributed by atoms with van der Waals surface area (Å²) >= 11 is 0. The molecule has 0 radical (unpaired) electrons. The van der Waals surface area contributed by atoms with E-state index in [-0.39, 0.29) is 12.0 Å². The van der Waals surface area contributed by atoms with Crippen molar-refractivity contribution in [3.8, 4) is 11.5 Å². The SMILES string of the molecule is COC(=O)[C@@]1(F)Cc2cc(OC)c(OC)cc2C1=O. The Bertz CT molecular complexity index is 554. The van der Waals surface area contributed by atoms with Gasteiger partial charge in [0, 0.05) is 12.0 Å². The topological polar surface area (TPSA) is 61.8 Å². The fraction of sp³-hybridized carbons (Fsp3) is 0.385. The van der Waals surface area contributed by atoms with E-state index in [9.17, 15) is 14.0 Å². The lowest BCUT2D eigenvalue weighted by atomic mass is 10.0. The van der Waals surface area contributed by atoms with E-state index >= 15 is 0 Å². The molecule has 0 bridgehead atoms. The van der Waals surface area contributed by atoms with Crippen LogP contribution in [0.1, 0.15) is 15.9 Å². The number of hydrogen-bond acceptors (Lipinski definition) is 5. The third-order valence-electron chi connectivity index (χ3n) is 3.16. The molecule has 1 aromatic carbocycles. The zero-order valence-corrected chi connectivity index (χ0v) is 10.8. The summed E-state index contributed by atoms with van der Waals surface area (Å²) in [4.78, 5) is 23.5. The van der Waals surface area contributed by atoms with E-state index in [0.29, 0.717) is 17.1 Å². The van der Waals surface area contributed by atoms with Crippen molar-refractivity contribution in [1.82, 2.24) is 0 Å². The predicted molar refractivity (Wildman–Crippen MR) is 63.4 cm³/mol. The highest BCUT2D eigenvalue weighted by Gasteiger charge is 2.54. The van der Waals surface area contributed by atoms with Gasteiger partial charge < -0.3 is 14.2 Å². The van der Waals surface area contributed by atoms with Crippen LogP contribution in [-0.2, 0) is 16.0 Å². The van der Waals surface area contributed by atoms with Crippen molar-refractivity contribution >= 4 is 11.8 Å². The molecule has 0 spiro atoms. The van der Waals surface area contributed by atoms with Gasteiger partial charge in [-0.3, -0.25) is 4.79 Å². The van der Waals surface area contributed by atoms with E-state index in [2.05, 4.69) is 4.74 Å². The molecular formula is C13H13FO5. The Morgan fingerprint density at radius 2 is 1.79 bits per heavy atom. The van der Waals surface area contributed by atoms with E-state index < -0.39 is 17.4 Å². The summed E-state index contributed by atoms with van der Waals surface area (Å²) in [6, 6.07) is 2.87. The van der Waals surface area contributed by atoms with Crippen LogP contribution in [0, 0.1) is 0 Å². The van der Waals surface area contributed by atoms with Gasteiger partial charge >= 0.3 is 5.97 Å². The first-order valence-electron chi connectivity index (χ1n) is 5.55. The van der Waals surface area contributed by atoms with Crippen molar-refractivity contribution in [2.75, 3.05) is 21.3 Å². The average molecular weight is 268 g/mol. The van der Waals surface area contributed by atoms with Gasteiger partial charge in [0.15, 0.2) is 11.5 Å². The van der Waals surface area contributed by atoms with Crippen LogP contribution in [0.25, 0.3) is 0 Å². The monoisotopic (exact) mass is 268 g/mol. The van der Waals surface area contributed by atoms with Crippen molar-refractivity contribution < 1.29 is 28.2 Å². The first-order valence-corrected chi connectivity index (χ1v) is 5.55. The van der Waals surface area contributed by atoms with Crippen LogP contribution >= 0.6 is 0 Å². The second-order valence-corrected chi connectivity index (χ2v) is 4.16. The normalized spacial score (nSPS) is 20.9. The van der Waals surface area contributed by atoms with Gasteiger partial charge in [-0.25, -0.2) is 9.18 Å². The molecule has 0 heterocycles. The lowest BCUT2D eigenvalue weighted by Crippen LogP contribution is -2.40. The van der Waals surface area contributed by atoms with Crippen LogP contribution in [0.3, 0.4) is 0 Å². The number of methoxy groups -OCH3 is 3. The number of rotatable bonds is 3. The molecule has 19 heavy (non-hydrogen) atoms. The summed E-state index contributed by atoms with van der Waals surface area (Å²) in [5.74, 6) is -1.41. The summed E-state index contributed by atoms with van der Waals surface area (Å²) in [7, 11) is 3.89. The maximum Gasteiger partial charge on any atom is 0.352 e. The Morgan fingerprint density at radius 1 is 1.21 bits per heavy atom. The van der Waals surface area contributed by atoms with Gasteiger partial charge in [0.05, 0.1) is 21.3 Å². The van der Waals surface area contributed by atoms with Crippen LogP contribution in [0.2, 0.25) is 0 Å². The zero-order chi connectivity index (χ0) is 14.2. The number of carbonyl (C=O) groups excluding carboxylic acids is 2. The fourth-order valence-corrected chi connectivity index (χ4v) is 2.16. The van der Waals surface area contributed by atoms with Crippen molar-refractivity contribution in [3.05, 3.63) is 23.3 Å². The minimum absolute atomic E-state index is 0.116. The molecular weight excluding hydrogens is 255 g/mol. The lowest BCUT2D eigenvalue weighted by molar-refractivity contribution is -0.150. The summed E-state index contributed by atoms with van der Waals surface area (Å²) in [6.07, 6.45) is -0.353. The Balaban J connectivity index is 2.52. The van der Waals surface area contributed by atoms with Gasteiger partial charge in [-0.05, 0) is 17.7 Å². The second kappa shape index (κ2) is 4.53. The van der Waals surface area contributed by atoms with E-state index in [1.807, 2.05) is 0 Å². The van der Waals surface area contributed by atoms with E-state index in [0.717, 1.165) is 7.11 Å². The summed E-state index contributed by atoms with van der Waals surface area (Å²) < 4.78 is 28.9. The smallest absolute Gasteiger partial charge is 0.352 e. The highest BCUT2D eigenvalue weighted by atomic mass is 19.1. The summed E-state index contributed by atoms with van der Waals surface area (Å²) in [5.41, 5.74) is -2.14. The zero-order valence-electron chi connectivity index (χ0n) is 10.8. The van der Waals surface area contributed by atoms with Crippen molar-refractivity contribution in [2.45, 2.75) is 12.1 Å². The number of carbonyl (C=O) groups is 2. The van der Waals surface area contributed by atoms with Gasteiger partial charge in [-0.15, -0.1) is 0 Å². The van der Waals surface area contributed by atoms with Crippen molar-refractivity contribution in [2.24, 2.45) is 0 Å². The minimum Gasteiger partial charge on any atom is -0.493 e. The first-order chi connectivity index (χ1) is 8.97. The van der Waals surface area contributed by atoms with E-state index in [1.165, 1.54) is 26.4 Å². The van der Waals surface area contributed by atoms with Gasteiger partial charge in [0.25, 0.3) is 5.67 Å². The highest BCUT2D eigenvalue weighted by Crippen LogP contribution is 2.40. The average Bonchev–Trinajstić information content (AvgIpc) is 2.68. The Kier molecular flexibility index (Phi) is 3.18. The molecule has 102 valence electrons. The molecule has 2 rings (SSSR count). The van der Waals surface area contributed by atoms with Gasteiger partial charge in [0.1, 0.15) is 0 Å². The quantitative estimate of drug-likeness (QED) is 0.611. The summed E-state index contributed by atoms with van der Waals surface area (Å²) in [6.45, 7) is 0. The van der Waals surface area contributed by atoms with Crippen LogP contribution in [0.15, 0.2) is 12.1 Å². The van der Waals surface area contributed by atoms with Crippen LogP contribution in [-0.4, -0.2) is 38.8 Å². The van der Waals surface area contributed by atoms with E-state index in [1.54, 1.807) is 0 Å². The Labute approximate surface area is 109 Å². The lowest BCUT2D eigenvalue weighted by Gasteiger charge is -2.13. The molecule has 0 unspecified atom stereocenters. The highest BCUT2D eigenvalue weighted by molar-refractivity contribution is 6.19. The van der Waals surface area contributed by atoms with Crippen molar-refractivity contribution in [1.29, 1.82) is 0 Å². The largest absolute Gasteiger partial charge is 0.493 e. The number of Topliss-reactive ketones (excluding diaryl/α,β-unsaturated/α-hetero) is 1. The van der Waals surface area contributed by atoms with E-state index in [4.69, 9.17) is 9.47 Å².